The predicted octanol–water partition coefficient (Wildman–Crippen LogP) is 2.69. The Balaban J connectivity index is 2.18. The number of aliphatic carboxylic acids is 1. The Morgan fingerprint density at radius 3 is 2.94 bits per heavy atom. The van der Waals surface area contributed by atoms with Crippen LogP contribution >= 0.6 is 23.5 Å². The first kappa shape index (κ1) is 13.8. The monoisotopic (exact) mass is 286 g/mol. The van der Waals surface area contributed by atoms with E-state index in [1.165, 1.54) is 29.0 Å². The van der Waals surface area contributed by atoms with Crippen LogP contribution in [0.25, 0.3) is 0 Å². The van der Waals surface area contributed by atoms with Crippen LogP contribution in [0.2, 0.25) is 0 Å². The molecule has 1 aromatic heterocycles. The topological polar surface area (TPSA) is 55.1 Å². The van der Waals surface area contributed by atoms with Gasteiger partial charge in [0, 0.05) is 17.9 Å². The van der Waals surface area contributed by atoms with E-state index < -0.39 is 5.97 Å². The van der Waals surface area contributed by atoms with Gasteiger partial charge in [0.25, 0.3) is 0 Å². The van der Waals surface area contributed by atoms with Gasteiger partial charge in [-0.2, -0.15) is 11.8 Å². The Hall–Kier alpha value is -0.620. The van der Waals surface area contributed by atoms with Crippen LogP contribution in [0.4, 0.5) is 0 Å². The Labute approximate surface area is 116 Å². The summed E-state index contributed by atoms with van der Waals surface area (Å²) >= 11 is 3.33. The Morgan fingerprint density at radius 2 is 2.33 bits per heavy atom. The summed E-state index contributed by atoms with van der Waals surface area (Å²) in [7, 11) is 0. The average Bonchev–Trinajstić information content (AvgIpc) is 2.80. The molecule has 0 spiro atoms. The minimum atomic E-state index is -0.785. The number of rotatable bonds is 5. The fourth-order valence-corrected chi connectivity index (χ4v) is 4.07. The molecule has 0 atom stereocenters. The Kier molecular flexibility index (Phi) is 5.00. The lowest BCUT2D eigenvalue weighted by molar-refractivity contribution is -0.133. The molecular weight excluding hydrogens is 268 g/mol. The summed E-state index contributed by atoms with van der Waals surface area (Å²) in [5, 5.41) is 9.65. The number of imidazole rings is 1. The second-order valence-corrected chi connectivity index (χ2v) is 6.45. The quantitative estimate of drug-likeness (QED) is 0.843. The molecule has 1 fully saturated rings. The van der Waals surface area contributed by atoms with Crippen molar-refractivity contribution < 1.29 is 9.90 Å². The molecular formula is C12H18N2O2S2. The van der Waals surface area contributed by atoms with Crippen molar-refractivity contribution in [1.82, 2.24) is 9.55 Å². The molecule has 0 bridgehead atoms. The van der Waals surface area contributed by atoms with Crippen molar-refractivity contribution in [3.05, 3.63) is 11.9 Å². The number of hydrogen-bond acceptors (Lipinski definition) is 4. The van der Waals surface area contributed by atoms with E-state index in [1.54, 1.807) is 0 Å². The van der Waals surface area contributed by atoms with E-state index in [1.807, 2.05) is 18.0 Å². The van der Waals surface area contributed by atoms with Gasteiger partial charge < -0.3 is 9.67 Å². The Morgan fingerprint density at radius 1 is 1.61 bits per heavy atom. The van der Waals surface area contributed by atoms with Crippen molar-refractivity contribution >= 4 is 29.5 Å². The van der Waals surface area contributed by atoms with E-state index in [0.29, 0.717) is 6.04 Å². The van der Waals surface area contributed by atoms with Crippen LogP contribution in [-0.2, 0) is 11.2 Å². The summed E-state index contributed by atoms with van der Waals surface area (Å²) in [5.41, 5.74) is 1.22. The molecule has 1 aliphatic rings. The van der Waals surface area contributed by atoms with Crippen molar-refractivity contribution in [1.29, 1.82) is 0 Å². The van der Waals surface area contributed by atoms with Gasteiger partial charge in [0.2, 0.25) is 0 Å². The smallest absolute Gasteiger partial charge is 0.313 e. The van der Waals surface area contributed by atoms with E-state index >= 15 is 0 Å². The molecule has 100 valence electrons. The van der Waals surface area contributed by atoms with Crippen LogP contribution in [0.1, 0.15) is 31.5 Å². The van der Waals surface area contributed by atoms with Crippen LogP contribution in [0.5, 0.6) is 0 Å². The number of aryl methyl sites for hydroxylation is 1. The second-order valence-electron chi connectivity index (χ2n) is 4.28. The van der Waals surface area contributed by atoms with Crippen LogP contribution in [0.15, 0.2) is 11.4 Å². The lowest BCUT2D eigenvalue weighted by Gasteiger charge is -2.26. The van der Waals surface area contributed by atoms with Crippen LogP contribution in [0.3, 0.4) is 0 Å². The zero-order chi connectivity index (χ0) is 13.0. The van der Waals surface area contributed by atoms with Crippen molar-refractivity contribution in [2.75, 3.05) is 17.3 Å². The average molecular weight is 286 g/mol. The standard InChI is InChI=1S/C12H18N2O2S2/c1-2-9-7-13-12(18-8-11(15)16)14(9)10-3-5-17-6-4-10/h7,10H,2-6,8H2,1H3,(H,15,16). The molecule has 0 aromatic carbocycles. The van der Waals surface area contributed by atoms with Gasteiger partial charge in [0.1, 0.15) is 0 Å². The molecule has 0 amide bonds. The zero-order valence-electron chi connectivity index (χ0n) is 10.5. The highest BCUT2D eigenvalue weighted by molar-refractivity contribution is 7.99. The SMILES string of the molecule is CCc1cnc(SCC(=O)O)n1C1CCSCC1. The summed E-state index contributed by atoms with van der Waals surface area (Å²) in [4.78, 5) is 15.1. The number of aromatic nitrogens is 2. The summed E-state index contributed by atoms with van der Waals surface area (Å²) in [6, 6.07) is 0.500. The summed E-state index contributed by atoms with van der Waals surface area (Å²) in [6.07, 6.45) is 5.17. The van der Waals surface area contributed by atoms with Crippen molar-refractivity contribution in [2.24, 2.45) is 0 Å². The summed E-state index contributed by atoms with van der Waals surface area (Å²) in [6.45, 7) is 2.12. The molecule has 4 nitrogen and oxygen atoms in total. The van der Waals surface area contributed by atoms with E-state index in [9.17, 15) is 4.79 Å². The normalized spacial score (nSPS) is 16.9. The third-order valence-corrected chi connectivity index (χ3v) is 5.08. The van der Waals surface area contributed by atoms with Crippen molar-refractivity contribution in [2.45, 2.75) is 37.4 Å². The molecule has 0 saturated carbocycles. The van der Waals surface area contributed by atoms with Gasteiger partial charge in [-0.25, -0.2) is 4.98 Å². The first-order valence-corrected chi connectivity index (χ1v) is 8.34. The zero-order valence-corrected chi connectivity index (χ0v) is 12.1. The summed E-state index contributed by atoms with van der Waals surface area (Å²) < 4.78 is 2.27. The van der Waals surface area contributed by atoms with Crippen LogP contribution in [-0.4, -0.2) is 37.9 Å². The number of carboxylic acids is 1. The fourth-order valence-electron chi connectivity index (χ4n) is 2.21. The van der Waals surface area contributed by atoms with Crippen molar-refractivity contribution in [3.63, 3.8) is 0 Å². The maximum atomic E-state index is 10.7. The number of carbonyl (C=O) groups is 1. The largest absolute Gasteiger partial charge is 0.481 e. The molecule has 0 unspecified atom stereocenters. The van der Waals surface area contributed by atoms with E-state index in [4.69, 9.17) is 5.11 Å². The molecule has 2 rings (SSSR count). The van der Waals surface area contributed by atoms with Crippen LogP contribution < -0.4 is 0 Å². The molecule has 0 aliphatic carbocycles. The number of hydrogen-bond donors (Lipinski definition) is 1. The number of thioether (sulfide) groups is 2. The fraction of sp³-hybridized carbons (Fsp3) is 0.667. The first-order chi connectivity index (χ1) is 8.72. The third kappa shape index (κ3) is 3.23. The predicted molar refractivity (Wildman–Crippen MR) is 75.6 cm³/mol. The molecule has 1 N–H and O–H groups in total. The highest BCUT2D eigenvalue weighted by atomic mass is 32.2. The second kappa shape index (κ2) is 6.52. The van der Waals surface area contributed by atoms with Crippen molar-refractivity contribution in [3.8, 4) is 0 Å². The molecule has 1 aromatic rings. The summed E-state index contributed by atoms with van der Waals surface area (Å²) in [5.74, 6) is 1.68. The van der Waals surface area contributed by atoms with Gasteiger partial charge in [-0.3, -0.25) is 4.79 Å². The van der Waals surface area contributed by atoms with Gasteiger partial charge in [-0.1, -0.05) is 18.7 Å². The number of nitrogens with zero attached hydrogens (tertiary/aromatic N) is 2. The molecule has 6 heteroatoms. The maximum Gasteiger partial charge on any atom is 0.313 e. The van der Waals surface area contributed by atoms with Gasteiger partial charge in [-0.15, -0.1) is 0 Å². The number of carboxylic acid groups (broad SMARTS) is 1. The van der Waals surface area contributed by atoms with Gasteiger partial charge >= 0.3 is 5.97 Å². The molecule has 2 heterocycles. The van der Waals surface area contributed by atoms with Crippen LogP contribution in [0, 0.1) is 0 Å². The maximum absolute atomic E-state index is 10.7. The first-order valence-electron chi connectivity index (χ1n) is 6.20. The highest BCUT2D eigenvalue weighted by Crippen LogP contribution is 2.32. The van der Waals surface area contributed by atoms with Gasteiger partial charge in [0.05, 0.1) is 5.75 Å². The lowest BCUT2D eigenvalue weighted by atomic mass is 10.1. The van der Waals surface area contributed by atoms with Gasteiger partial charge in [0.15, 0.2) is 5.16 Å². The minimum Gasteiger partial charge on any atom is -0.481 e. The molecule has 1 saturated heterocycles. The highest BCUT2D eigenvalue weighted by Gasteiger charge is 2.21. The lowest BCUT2D eigenvalue weighted by Crippen LogP contribution is -2.18. The molecule has 18 heavy (non-hydrogen) atoms. The van der Waals surface area contributed by atoms with E-state index in [0.717, 1.165) is 24.4 Å². The minimum absolute atomic E-state index is 0.0850. The van der Waals surface area contributed by atoms with Gasteiger partial charge in [-0.05, 0) is 30.8 Å². The van der Waals surface area contributed by atoms with E-state index in [2.05, 4.69) is 16.5 Å². The molecule has 0 radical (unpaired) electrons. The Bertz CT molecular complexity index is 414. The van der Waals surface area contributed by atoms with E-state index in [-0.39, 0.29) is 5.75 Å². The molecule has 1 aliphatic heterocycles. The third-order valence-electron chi connectivity index (χ3n) is 3.08.